The molecule has 1 fully saturated rings. The van der Waals surface area contributed by atoms with Gasteiger partial charge in [-0.25, -0.2) is 4.79 Å². The van der Waals surface area contributed by atoms with Crippen molar-refractivity contribution in [1.82, 2.24) is 0 Å². The lowest BCUT2D eigenvalue weighted by Crippen LogP contribution is -2.52. The molecule has 0 spiro atoms. The first-order valence-corrected chi connectivity index (χ1v) is 7.60. The van der Waals surface area contributed by atoms with Crippen LogP contribution in [0.2, 0.25) is 0 Å². The Bertz CT molecular complexity index is 468. The minimum absolute atomic E-state index is 0.150. The summed E-state index contributed by atoms with van der Waals surface area (Å²) in [5.74, 6) is -0.273. The zero-order chi connectivity index (χ0) is 15.1. The highest BCUT2D eigenvalue weighted by Gasteiger charge is 2.38. The van der Waals surface area contributed by atoms with Crippen LogP contribution in [0.1, 0.15) is 44.1 Å². The number of rotatable bonds is 6. The quantitative estimate of drug-likeness (QED) is 0.496. The number of hydrogen-bond acceptors (Lipinski definition) is 4. The highest BCUT2D eigenvalue weighted by atomic mass is 16.5. The van der Waals surface area contributed by atoms with Crippen LogP contribution < -0.4 is 5.73 Å². The molecule has 1 atom stereocenters. The maximum Gasteiger partial charge on any atom is 0.333 e. The van der Waals surface area contributed by atoms with Crippen molar-refractivity contribution in [1.29, 1.82) is 0 Å². The Labute approximate surface area is 125 Å². The van der Waals surface area contributed by atoms with E-state index in [4.69, 9.17) is 10.5 Å². The molecule has 1 aromatic carbocycles. The van der Waals surface area contributed by atoms with Crippen LogP contribution in [0.25, 0.3) is 0 Å². The highest BCUT2D eigenvalue weighted by Crippen LogP contribution is 2.29. The van der Waals surface area contributed by atoms with E-state index in [-0.39, 0.29) is 6.61 Å². The number of carbonyl (C=O) groups is 2. The molecule has 21 heavy (non-hydrogen) atoms. The first-order valence-electron chi connectivity index (χ1n) is 7.60. The second-order valence-electron chi connectivity index (χ2n) is 5.93. The van der Waals surface area contributed by atoms with Crippen LogP contribution in [0, 0.1) is 5.92 Å². The molecule has 114 valence electrons. The number of carbonyl (C=O) groups excluding carboxylic acids is 2. The van der Waals surface area contributed by atoms with Crippen LogP contribution in [0.15, 0.2) is 30.3 Å². The molecule has 2 N–H and O–H groups in total. The van der Waals surface area contributed by atoms with Gasteiger partial charge in [0, 0.05) is 0 Å². The van der Waals surface area contributed by atoms with Crippen LogP contribution in [-0.4, -0.2) is 17.8 Å². The second-order valence-corrected chi connectivity index (χ2v) is 5.93. The van der Waals surface area contributed by atoms with Gasteiger partial charge in [0.2, 0.25) is 0 Å². The van der Waals surface area contributed by atoms with Gasteiger partial charge in [0.15, 0.2) is 11.8 Å². The van der Waals surface area contributed by atoms with Crippen molar-refractivity contribution in [2.75, 3.05) is 0 Å². The fourth-order valence-electron chi connectivity index (χ4n) is 2.91. The fraction of sp³-hybridized carbons (Fsp3) is 0.529. The number of esters is 1. The van der Waals surface area contributed by atoms with Gasteiger partial charge >= 0.3 is 5.97 Å². The van der Waals surface area contributed by atoms with Crippen molar-refractivity contribution < 1.29 is 14.3 Å². The lowest BCUT2D eigenvalue weighted by Gasteiger charge is -2.28. The summed E-state index contributed by atoms with van der Waals surface area (Å²) in [7, 11) is 0. The summed E-state index contributed by atoms with van der Waals surface area (Å²) in [5, 5.41) is 0. The molecule has 4 heteroatoms. The molecule has 0 radical (unpaired) electrons. The summed E-state index contributed by atoms with van der Waals surface area (Å²) < 4.78 is 5.23. The Balaban J connectivity index is 1.91. The van der Waals surface area contributed by atoms with E-state index >= 15 is 0 Å². The highest BCUT2D eigenvalue weighted by molar-refractivity contribution is 5.97. The molecule has 4 nitrogen and oxygen atoms in total. The van der Waals surface area contributed by atoms with E-state index in [0.717, 1.165) is 31.2 Å². The van der Waals surface area contributed by atoms with Gasteiger partial charge < -0.3 is 15.3 Å². The Kier molecular flexibility index (Phi) is 5.51. The third-order valence-electron chi connectivity index (χ3n) is 4.15. The smallest absolute Gasteiger partial charge is 0.333 e. The molecule has 1 aliphatic rings. The number of aldehydes is 1. The predicted molar refractivity (Wildman–Crippen MR) is 80.4 cm³/mol. The predicted octanol–water partition coefficient (Wildman–Crippen LogP) is 2.60. The molecule has 0 amide bonds. The fourth-order valence-corrected chi connectivity index (χ4v) is 2.91. The SMILES string of the molecule is N[C@](C=O)(CC1CCCCC1)C(=O)OCc1ccccc1. The van der Waals surface area contributed by atoms with Crippen molar-refractivity contribution in [2.45, 2.75) is 50.7 Å². The van der Waals surface area contributed by atoms with Crippen molar-refractivity contribution in [3.05, 3.63) is 35.9 Å². The van der Waals surface area contributed by atoms with Gasteiger partial charge in [0.25, 0.3) is 0 Å². The van der Waals surface area contributed by atoms with E-state index in [0.29, 0.717) is 18.6 Å². The van der Waals surface area contributed by atoms with Crippen molar-refractivity contribution >= 4 is 12.3 Å². The van der Waals surface area contributed by atoms with Crippen molar-refractivity contribution in [2.24, 2.45) is 11.7 Å². The van der Waals surface area contributed by atoms with Crippen LogP contribution >= 0.6 is 0 Å². The molecule has 1 saturated carbocycles. The summed E-state index contributed by atoms with van der Waals surface area (Å²) in [5.41, 5.74) is 5.38. The van der Waals surface area contributed by atoms with Crippen LogP contribution in [0.3, 0.4) is 0 Å². The van der Waals surface area contributed by atoms with Gasteiger partial charge in [-0.2, -0.15) is 0 Å². The average molecular weight is 289 g/mol. The molecule has 2 rings (SSSR count). The molecule has 1 aliphatic carbocycles. The summed E-state index contributed by atoms with van der Waals surface area (Å²) in [6, 6.07) is 9.38. The number of hydrogen-bond donors (Lipinski definition) is 1. The van der Waals surface area contributed by atoms with Gasteiger partial charge in [-0.3, -0.25) is 0 Å². The zero-order valence-electron chi connectivity index (χ0n) is 12.3. The van der Waals surface area contributed by atoms with E-state index in [9.17, 15) is 9.59 Å². The van der Waals surface area contributed by atoms with Crippen molar-refractivity contribution in [3.63, 3.8) is 0 Å². The maximum atomic E-state index is 12.2. The van der Waals surface area contributed by atoms with Gasteiger partial charge in [-0.1, -0.05) is 62.4 Å². The lowest BCUT2D eigenvalue weighted by atomic mass is 9.80. The lowest BCUT2D eigenvalue weighted by molar-refractivity contribution is -0.153. The van der Waals surface area contributed by atoms with Gasteiger partial charge in [0.1, 0.15) is 6.61 Å². The normalized spacial score (nSPS) is 18.7. The van der Waals surface area contributed by atoms with Crippen LogP contribution in [0.5, 0.6) is 0 Å². The van der Waals surface area contributed by atoms with Crippen molar-refractivity contribution in [3.8, 4) is 0 Å². The number of nitrogens with two attached hydrogens (primary N) is 1. The van der Waals surface area contributed by atoms with E-state index in [1.807, 2.05) is 30.3 Å². The number of benzene rings is 1. The minimum atomic E-state index is -1.50. The maximum absolute atomic E-state index is 12.2. The van der Waals surface area contributed by atoms with E-state index in [1.165, 1.54) is 6.42 Å². The van der Waals surface area contributed by atoms with Gasteiger partial charge in [-0.05, 0) is 17.9 Å². The first kappa shape index (κ1) is 15.7. The molecule has 0 bridgehead atoms. The Morgan fingerprint density at radius 3 is 2.52 bits per heavy atom. The summed E-state index contributed by atoms with van der Waals surface area (Å²) >= 11 is 0. The van der Waals surface area contributed by atoms with Gasteiger partial charge in [0.05, 0.1) is 0 Å². The molecule has 0 saturated heterocycles. The molecule has 0 heterocycles. The summed E-state index contributed by atoms with van der Waals surface area (Å²) in [6.45, 7) is 0.150. The molecular weight excluding hydrogens is 266 g/mol. The van der Waals surface area contributed by atoms with Crippen LogP contribution in [-0.2, 0) is 20.9 Å². The largest absolute Gasteiger partial charge is 0.459 e. The molecule has 0 unspecified atom stereocenters. The first-order chi connectivity index (χ1) is 10.1. The monoisotopic (exact) mass is 289 g/mol. The molecule has 1 aromatic rings. The van der Waals surface area contributed by atoms with Gasteiger partial charge in [-0.15, -0.1) is 0 Å². The molecular formula is C17H23NO3. The Hall–Kier alpha value is -1.68. The second kappa shape index (κ2) is 7.36. The third-order valence-corrected chi connectivity index (χ3v) is 4.15. The third kappa shape index (κ3) is 4.39. The average Bonchev–Trinajstić information content (AvgIpc) is 2.54. The minimum Gasteiger partial charge on any atom is -0.459 e. The van der Waals surface area contributed by atoms with E-state index in [2.05, 4.69) is 0 Å². The zero-order valence-corrected chi connectivity index (χ0v) is 12.3. The van der Waals surface area contributed by atoms with Crippen LogP contribution in [0.4, 0.5) is 0 Å². The standard InChI is InChI=1S/C17H23NO3/c18-17(13-19,11-14-7-3-1-4-8-14)16(20)21-12-15-9-5-2-6-10-15/h2,5-6,9-10,13-14H,1,3-4,7-8,11-12,18H2/t17-/m0/s1. The Morgan fingerprint density at radius 1 is 1.24 bits per heavy atom. The molecule has 0 aliphatic heterocycles. The van der Waals surface area contributed by atoms with E-state index < -0.39 is 11.5 Å². The molecule has 0 aromatic heterocycles. The Morgan fingerprint density at radius 2 is 1.90 bits per heavy atom. The topological polar surface area (TPSA) is 69.4 Å². The summed E-state index contributed by atoms with van der Waals surface area (Å²) in [4.78, 5) is 23.5. The van der Waals surface area contributed by atoms with E-state index in [1.54, 1.807) is 0 Å². The number of ether oxygens (including phenoxy) is 1. The summed E-state index contributed by atoms with van der Waals surface area (Å²) in [6.07, 6.45) is 6.56.